The fourth-order valence-corrected chi connectivity index (χ4v) is 2.76. The topological polar surface area (TPSA) is 75.4 Å². The van der Waals surface area contributed by atoms with Crippen LogP contribution in [0.5, 0.6) is 0 Å². The first-order chi connectivity index (χ1) is 10.5. The molecule has 2 rings (SSSR count). The maximum absolute atomic E-state index is 12.2. The maximum Gasteiger partial charge on any atom is 0.225 e. The third-order valence-electron chi connectivity index (χ3n) is 4.18. The van der Waals surface area contributed by atoms with Crippen molar-refractivity contribution in [3.8, 4) is 0 Å². The highest BCUT2D eigenvalue weighted by atomic mass is 35.5. The molecule has 23 heavy (non-hydrogen) atoms. The van der Waals surface area contributed by atoms with E-state index in [0.717, 1.165) is 12.0 Å². The van der Waals surface area contributed by atoms with Gasteiger partial charge in [0, 0.05) is 25.6 Å². The highest BCUT2D eigenvalue weighted by Crippen LogP contribution is 2.28. The smallest absolute Gasteiger partial charge is 0.225 e. The van der Waals surface area contributed by atoms with Crippen molar-refractivity contribution < 1.29 is 9.59 Å². The van der Waals surface area contributed by atoms with E-state index in [-0.39, 0.29) is 42.2 Å². The predicted octanol–water partition coefficient (Wildman–Crippen LogP) is 1.87. The molecule has 3 unspecified atom stereocenters. The van der Waals surface area contributed by atoms with E-state index >= 15 is 0 Å². The monoisotopic (exact) mass is 339 g/mol. The number of halogens is 1. The molecule has 2 amide bonds. The first-order valence-corrected chi connectivity index (χ1v) is 7.86. The standard InChI is InChI=1S/C17H25N3O2.ClH/c1-12(18)8-9-19-17(22)15-10-16(21)20(11-15)13(2)14-6-4-3-5-7-14;/h3-7,12-13,15H,8-11,18H2,1-2H3,(H,19,22);1H. The van der Waals surface area contributed by atoms with E-state index in [1.54, 1.807) is 4.90 Å². The Balaban J connectivity index is 0.00000264. The van der Waals surface area contributed by atoms with Crippen molar-refractivity contribution in [3.63, 3.8) is 0 Å². The number of likely N-dealkylation sites (tertiary alicyclic amines) is 1. The molecule has 0 aliphatic carbocycles. The maximum atomic E-state index is 12.2. The van der Waals surface area contributed by atoms with Crippen molar-refractivity contribution >= 4 is 24.2 Å². The predicted molar refractivity (Wildman–Crippen MR) is 93.2 cm³/mol. The van der Waals surface area contributed by atoms with Gasteiger partial charge in [0.15, 0.2) is 0 Å². The summed E-state index contributed by atoms with van der Waals surface area (Å²) >= 11 is 0. The number of benzene rings is 1. The van der Waals surface area contributed by atoms with Gasteiger partial charge in [-0.15, -0.1) is 12.4 Å². The number of nitrogens with two attached hydrogens (primary N) is 1. The molecular weight excluding hydrogens is 314 g/mol. The quantitative estimate of drug-likeness (QED) is 0.830. The first kappa shape index (κ1) is 19.5. The SMILES string of the molecule is CC(N)CCNC(=O)C1CC(=O)N(C(C)c2ccccc2)C1.Cl. The van der Waals surface area contributed by atoms with Crippen LogP contribution in [0.1, 0.15) is 38.3 Å². The normalized spacial score (nSPS) is 19.9. The molecule has 1 aromatic rings. The lowest BCUT2D eigenvalue weighted by atomic mass is 10.1. The first-order valence-electron chi connectivity index (χ1n) is 7.86. The Morgan fingerprint density at radius 1 is 1.35 bits per heavy atom. The van der Waals surface area contributed by atoms with Crippen molar-refractivity contribution in [3.05, 3.63) is 35.9 Å². The van der Waals surface area contributed by atoms with Crippen LogP contribution in [0.15, 0.2) is 30.3 Å². The van der Waals surface area contributed by atoms with E-state index in [9.17, 15) is 9.59 Å². The summed E-state index contributed by atoms with van der Waals surface area (Å²) in [7, 11) is 0. The van der Waals surface area contributed by atoms with Crippen LogP contribution in [0.4, 0.5) is 0 Å². The van der Waals surface area contributed by atoms with Gasteiger partial charge in [0.25, 0.3) is 0 Å². The molecule has 0 radical (unpaired) electrons. The second-order valence-electron chi connectivity index (χ2n) is 6.09. The lowest BCUT2D eigenvalue weighted by molar-refractivity contribution is -0.130. The Morgan fingerprint density at radius 2 is 2.00 bits per heavy atom. The highest BCUT2D eigenvalue weighted by molar-refractivity contribution is 5.89. The van der Waals surface area contributed by atoms with Crippen LogP contribution in [-0.2, 0) is 9.59 Å². The van der Waals surface area contributed by atoms with Gasteiger partial charge in [0.2, 0.25) is 11.8 Å². The molecule has 0 spiro atoms. The Hall–Kier alpha value is -1.59. The molecule has 0 aromatic heterocycles. The van der Waals surface area contributed by atoms with Crippen LogP contribution in [0.2, 0.25) is 0 Å². The number of rotatable bonds is 6. The van der Waals surface area contributed by atoms with Gasteiger partial charge in [0.1, 0.15) is 0 Å². The number of carbonyl (C=O) groups excluding carboxylic acids is 2. The van der Waals surface area contributed by atoms with E-state index in [2.05, 4.69) is 5.32 Å². The molecule has 1 heterocycles. The van der Waals surface area contributed by atoms with E-state index in [1.807, 2.05) is 44.2 Å². The molecular formula is C17H26ClN3O2. The Morgan fingerprint density at radius 3 is 2.61 bits per heavy atom. The van der Waals surface area contributed by atoms with Gasteiger partial charge in [-0.25, -0.2) is 0 Å². The molecule has 3 N–H and O–H groups in total. The van der Waals surface area contributed by atoms with Gasteiger partial charge in [-0.1, -0.05) is 30.3 Å². The molecule has 3 atom stereocenters. The van der Waals surface area contributed by atoms with Gasteiger partial charge in [-0.2, -0.15) is 0 Å². The fraction of sp³-hybridized carbons (Fsp3) is 0.529. The van der Waals surface area contributed by atoms with Gasteiger partial charge in [-0.05, 0) is 25.8 Å². The second kappa shape index (κ2) is 8.89. The zero-order valence-electron chi connectivity index (χ0n) is 13.7. The van der Waals surface area contributed by atoms with E-state index in [1.165, 1.54) is 0 Å². The molecule has 5 nitrogen and oxygen atoms in total. The number of nitrogens with one attached hydrogen (secondary N) is 1. The summed E-state index contributed by atoms with van der Waals surface area (Å²) in [6.45, 7) is 4.96. The van der Waals surface area contributed by atoms with Crippen LogP contribution < -0.4 is 11.1 Å². The highest BCUT2D eigenvalue weighted by Gasteiger charge is 2.36. The van der Waals surface area contributed by atoms with Crippen molar-refractivity contribution in [1.82, 2.24) is 10.2 Å². The molecule has 1 aliphatic heterocycles. The summed E-state index contributed by atoms with van der Waals surface area (Å²) in [6.07, 6.45) is 1.04. The minimum atomic E-state index is -0.258. The Bertz CT molecular complexity index is 522. The number of hydrogen-bond acceptors (Lipinski definition) is 3. The summed E-state index contributed by atoms with van der Waals surface area (Å²) < 4.78 is 0. The summed E-state index contributed by atoms with van der Waals surface area (Å²) in [5.41, 5.74) is 6.76. The molecule has 1 aromatic carbocycles. The zero-order valence-corrected chi connectivity index (χ0v) is 14.5. The number of carbonyl (C=O) groups is 2. The Labute approximate surface area is 144 Å². The molecule has 1 aliphatic rings. The number of nitrogens with zero attached hydrogens (tertiary/aromatic N) is 1. The Kier molecular flexibility index (Phi) is 7.52. The molecule has 1 saturated heterocycles. The van der Waals surface area contributed by atoms with Crippen LogP contribution in [-0.4, -0.2) is 35.8 Å². The summed E-state index contributed by atoms with van der Waals surface area (Å²) in [4.78, 5) is 26.2. The third kappa shape index (κ3) is 5.22. The molecule has 1 fully saturated rings. The van der Waals surface area contributed by atoms with Gasteiger partial charge >= 0.3 is 0 Å². The second-order valence-corrected chi connectivity index (χ2v) is 6.09. The summed E-state index contributed by atoms with van der Waals surface area (Å²) in [5.74, 6) is -0.257. The average Bonchev–Trinajstić information content (AvgIpc) is 2.89. The zero-order chi connectivity index (χ0) is 16.1. The minimum Gasteiger partial charge on any atom is -0.356 e. The lowest BCUT2D eigenvalue weighted by Crippen LogP contribution is -2.35. The number of amides is 2. The molecule has 0 bridgehead atoms. The van der Waals surface area contributed by atoms with Crippen LogP contribution in [0.25, 0.3) is 0 Å². The summed E-state index contributed by atoms with van der Waals surface area (Å²) in [6, 6.07) is 9.96. The minimum absolute atomic E-state index is 0. The van der Waals surface area contributed by atoms with E-state index in [0.29, 0.717) is 19.5 Å². The van der Waals surface area contributed by atoms with Crippen LogP contribution in [0.3, 0.4) is 0 Å². The third-order valence-corrected chi connectivity index (χ3v) is 4.18. The van der Waals surface area contributed by atoms with Crippen molar-refractivity contribution in [1.29, 1.82) is 0 Å². The van der Waals surface area contributed by atoms with Gasteiger partial charge in [-0.3, -0.25) is 9.59 Å². The molecule has 128 valence electrons. The average molecular weight is 340 g/mol. The lowest BCUT2D eigenvalue weighted by Gasteiger charge is -2.25. The van der Waals surface area contributed by atoms with Crippen LogP contribution >= 0.6 is 12.4 Å². The van der Waals surface area contributed by atoms with Crippen molar-refractivity contribution in [2.24, 2.45) is 11.7 Å². The molecule has 6 heteroatoms. The van der Waals surface area contributed by atoms with Crippen LogP contribution in [0, 0.1) is 5.92 Å². The van der Waals surface area contributed by atoms with E-state index in [4.69, 9.17) is 5.73 Å². The summed E-state index contributed by atoms with van der Waals surface area (Å²) in [5, 5.41) is 2.88. The van der Waals surface area contributed by atoms with Crippen molar-refractivity contribution in [2.75, 3.05) is 13.1 Å². The van der Waals surface area contributed by atoms with Gasteiger partial charge in [0.05, 0.1) is 12.0 Å². The molecule has 0 saturated carbocycles. The fourth-order valence-electron chi connectivity index (χ4n) is 2.76. The largest absolute Gasteiger partial charge is 0.356 e. The number of hydrogen-bond donors (Lipinski definition) is 2. The van der Waals surface area contributed by atoms with Gasteiger partial charge < -0.3 is 16.0 Å². The van der Waals surface area contributed by atoms with E-state index < -0.39 is 0 Å². The van der Waals surface area contributed by atoms with Crippen molar-refractivity contribution in [2.45, 2.75) is 38.8 Å².